The van der Waals surface area contributed by atoms with Crippen LogP contribution in [0.15, 0.2) is 65.3 Å². The van der Waals surface area contributed by atoms with Gasteiger partial charge in [-0.05, 0) is 29.8 Å². The Morgan fingerprint density at radius 3 is 2.11 bits per heavy atom. The number of nitriles is 1. The van der Waals surface area contributed by atoms with E-state index in [0.717, 1.165) is 5.69 Å². The highest BCUT2D eigenvalue weighted by Gasteiger charge is 2.35. The van der Waals surface area contributed by atoms with E-state index < -0.39 is 0 Å². The van der Waals surface area contributed by atoms with Crippen LogP contribution in [-0.2, 0) is 4.79 Å². The van der Waals surface area contributed by atoms with Gasteiger partial charge in [-0.2, -0.15) is 10.3 Å². The molecule has 136 valence electrons. The molecule has 1 amide bonds. The molecule has 1 aliphatic rings. The van der Waals surface area contributed by atoms with Gasteiger partial charge in [0.1, 0.15) is 11.6 Å². The summed E-state index contributed by atoms with van der Waals surface area (Å²) in [5.74, 6) is 0.162. The molecule has 27 heavy (non-hydrogen) atoms. The average Bonchev–Trinajstić information content (AvgIpc) is 3.01. The number of amidine groups is 1. The molecule has 0 aliphatic carbocycles. The van der Waals surface area contributed by atoms with Crippen LogP contribution in [0.4, 0.5) is 11.4 Å². The summed E-state index contributed by atoms with van der Waals surface area (Å²) in [5, 5.41) is 15.6. The molecule has 0 bridgehead atoms. The van der Waals surface area contributed by atoms with Crippen LogP contribution < -0.4 is 9.91 Å². The molecule has 0 saturated heterocycles. The number of nitrogens with zero attached hydrogens (tertiary/aromatic N) is 5. The number of carbonyl (C=O) groups excluding carboxylic acids is 1. The Morgan fingerprint density at radius 1 is 0.963 bits per heavy atom. The normalized spacial score (nSPS) is 15.3. The van der Waals surface area contributed by atoms with Crippen LogP contribution in [0.2, 0.25) is 0 Å². The standard InChI is InChI=1S/C21H21N5O/c1-24(2)16-12-10-15(11-13-16)18(14-22)19-20(25(3)4)23-26(21(19)27)17-8-6-5-7-9-17/h5-13H,1-4H3/b19-18-. The second kappa shape index (κ2) is 7.34. The first-order valence-electron chi connectivity index (χ1n) is 8.52. The van der Waals surface area contributed by atoms with Crippen LogP contribution >= 0.6 is 0 Å². The molecule has 0 fully saturated rings. The molecule has 1 aliphatic heterocycles. The number of allylic oxidation sites excluding steroid dienone is 1. The second-order valence-corrected chi connectivity index (χ2v) is 6.57. The number of likely N-dealkylation sites (N-methyl/N-ethyl adjacent to an activating group) is 1. The summed E-state index contributed by atoms with van der Waals surface area (Å²) < 4.78 is 0. The van der Waals surface area contributed by atoms with Crippen LogP contribution in [0.3, 0.4) is 0 Å². The smallest absolute Gasteiger partial charge is 0.283 e. The molecule has 0 unspecified atom stereocenters. The lowest BCUT2D eigenvalue weighted by atomic mass is 9.99. The molecule has 0 aromatic heterocycles. The number of carbonyl (C=O) groups is 1. The van der Waals surface area contributed by atoms with E-state index in [0.29, 0.717) is 28.2 Å². The summed E-state index contributed by atoms with van der Waals surface area (Å²) in [5.41, 5.74) is 3.00. The maximum Gasteiger partial charge on any atom is 0.283 e. The first-order chi connectivity index (χ1) is 12.9. The van der Waals surface area contributed by atoms with E-state index in [9.17, 15) is 10.1 Å². The zero-order valence-corrected chi connectivity index (χ0v) is 15.8. The lowest BCUT2D eigenvalue weighted by Crippen LogP contribution is -2.26. The quantitative estimate of drug-likeness (QED) is 0.624. The molecule has 2 aromatic carbocycles. The SMILES string of the molecule is CN(C)C1=NN(c2ccccc2)C(=O)/C1=C(/C#N)c1ccc(N(C)C)cc1. The number of rotatable bonds is 3. The predicted molar refractivity (Wildman–Crippen MR) is 108 cm³/mol. The van der Waals surface area contributed by atoms with Crippen LogP contribution in [0, 0.1) is 11.3 Å². The van der Waals surface area contributed by atoms with Crippen LogP contribution in [0.25, 0.3) is 5.57 Å². The van der Waals surface area contributed by atoms with Crippen molar-refractivity contribution in [2.24, 2.45) is 5.10 Å². The Kier molecular flexibility index (Phi) is 4.95. The number of amides is 1. The maximum atomic E-state index is 13.1. The van der Waals surface area contributed by atoms with Crippen molar-refractivity contribution in [3.8, 4) is 6.07 Å². The van der Waals surface area contributed by atoms with E-state index >= 15 is 0 Å². The van der Waals surface area contributed by atoms with Gasteiger partial charge in [0, 0.05) is 33.9 Å². The largest absolute Gasteiger partial charge is 0.378 e. The highest BCUT2D eigenvalue weighted by Crippen LogP contribution is 2.30. The summed E-state index contributed by atoms with van der Waals surface area (Å²) in [6.07, 6.45) is 0. The third-order valence-electron chi connectivity index (χ3n) is 4.28. The van der Waals surface area contributed by atoms with Crippen molar-refractivity contribution in [3.05, 3.63) is 65.7 Å². The molecule has 2 aromatic rings. The van der Waals surface area contributed by atoms with Gasteiger partial charge in [0.05, 0.1) is 11.3 Å². The number of benzene rings is 2. The van der Waals surface area contributed by atoms with E-state index in [1.807, 2.05) is 87.7 Å². The van der Waals surface area contributed by atoms with Crippen LogP contribution in [-0.4, -0.2) is 44.8 Å². The van der Waals surface area contributed by atoms with Gasteiger partial charge in [0.25, 0.3) is 5.91 Å². The number of hydrogen-bond donors (Lipinski definition) is 0. The van der Waals surface area contributed by atoms with Crippen molar-refractivity contribution in [2.45, 2.75) is 0 Å². The minimum absolute atomic E-state index is 0.307. The fourth-order valence-corrected chi connectivity index (χ4v) is 2.86. The first kappa shape index (κ1) is 18.2. The molecular weight excluding hydrogens is 338 g/mol. The first-order valence-corrected chi connectivity index (χ1v) is 8.52. The number of hydrogen-bond acceptors (Lipinski definition) is 5. The van der Waals surface area contributed by atoms with E-state index in [1.54, 1.807) is 4.90 Å². The highest BCUT2D eigenvalue weighted by atomic mass is 16.2. The van der Waals surface area contributed by atoms with Gasteiger partial charge in [-0.1, -0.05) is 30.3 Å². The van der Waals surface area contributed by atoms with Crippen LogP contribution in [0.1, 0.15) is 5.56 Å². The Balaban J connectivity index is 2.12. The minimum atomic E-state index is -0.307. The molecule has 0 radical (unpaired) electrons. The van der Waals surface area contributed by atoms with E-state index in [1.165, 1.54) is 5.01 Å². The van der Waals surface area contributed by atoms with Crippen molar-refractivity contribution in [2.75, 3.05) is 38.1 Å². The molecular formula is C21H21N5O. The lowest BCUT2D eigenvalue weighted by Gasteiger charge is -2.14. The summed E-state index contributed by atoms with van der Waals surface area (Å²) >= 11 is 0. The lowest BCUT2D eigenvalue weighted by molar-refractivity contribution is -0.114. The zero-order chi connectivity index (χ0) is 19.6. The third kappa shape index (κ3) is 3.40. The van der Waals surface area contributed by atoms with Gasteiger partial charge in [-0.25, -0.2) is 0 Å². The van der Waals surface area contributed by atoms with Gasteiger partial charge in [-0.3, -0.25) is 4.79 Å². The van der Waals surface area contributed by atoms with Gasteiger partial charge in [0.2, 0.25) is 0 Å². The van der Waals surface area contributed by atoms with E-state index in [4.69, 9.17) is 0 Å². The van der Waals surface area contributed by atoms with Gasteiger partial charge in [-0.15, -0.1) is 5.10 Å². The number of para-hydroxylation sites is 1. The van der Waals surface area contributed by atoms with Crippen molar-refractivity contribution in [3.63, 3.8) is 0 Å². The molecule has 1 heterocycles. The summed E-state index contributed by atoms with van der Waals surface area (Å²) in [6.45, 7) is 0. The van der Waals surface area contributed by atoms with Crippen molar-refractivity contribution in [1.29, 1.82) is 5.26 Å². The Hall–Kier alpha value is -3.59. The third-order valence-corrected chi connectivity index (χ3v) is 4.28. The Bertz CT molecular complexity index is 950. The van der Waals surface area contributed by atoms with Crippen LogP contribution in [0.5, 0.6) is 0 Å². The highest BCUT2D eigenvalue weighted by molar-refractivity contribution is 6.34. The summed E-state index contributed by atoms with van der Waals surface area (Å²) in [7, 11) is 7.52. The van der Waals surface area contributed by atoms with Crippen molar-refractivity contribution < 1.29 is 4.79 Å². The monoisotopic (exact) mass is 359 g/mol. The molecule has 0 spiro atoms. The molecule has 0 atom stereocenters. The minimum Gasteiger partial charge on any atom is -0.378 e. The number of anilines is 2. The zero-order valence-electron chi connectivity index (χ0n) is 15.8. The molecule has 6 heteroatoms. The number of hydrazone groups is 1. The topological polar surface area (TPSA) is 62.9 Å². The van der Waals surface area contributed by atoms with Crippen molar-refractivity contribution >= 4 is 28.7 Å². The van der Waals surface area contributed by atoms with Gasteiger partial charge in [0.15, 0.2) is 5.84 Å². The maximum absolute atomic E-state index is 13.1. The van der Waals surface area contributed by atoms with E-state index in [-0.39, 0.29) is 5.91 Å². The molecule has 6 nitrogen and oxygen atoms in total. The Labute approximate surface area is 159 Å². The predicted octanol–water partition coefficient (Wildman–Crippen LogP) is 2.95. The van der Waals surface area contributed by atoms with Gasteiger partial charge < -0.3 is 9.80 Å². The summed E-state index contributed by atoms with van der Waals surface area (Å²) in [6, 6.07) is 19.0. The molecule has 0 N–H and O–H groups in total. The Morgan fingerprint density at radius 2 is 1.59 bits per heavy atom. The van der Waals surface area contributed by atoms with E-state index in [2.05, 4.69) is 11.2 Å². The average molecular weight is 359 g/mol. The fourth-order valence-electron chi connectivity index (χ4n) is 2.86. The summed E-state index contributed by atoms with van der Waals surface area (Å²) in [4.78, 5) is 16.9. The molecule has 0 saturated carbocycles. The van der Waals surface area contributed by atoms with Crippen molar-refractivity contribution in [1.82, 2.24) is 4.90 Å². The molecule has 3 rings (SSSR count). The second-order valence-electron chi connectivity index (χ2n) is 6.57. The fraction of sp³-hybridized carbons (Fsp3) is 0.190. The van der Waals surface area contributed by atoms with Gasteiger partial charge >= 0.3 is 0 Å².